The molecule has 0 aliphatic carbocycles. The highest BCUT2D eigenvalue weighted by Crippen LogP contribution is 2.27. The van der Waals surface area contributed by atoms with E-state index in [9.17, 15) is 9.59 Å². The second kappa shape index (κ2) is 7.25. The zero-order chi connectivity index (χ0) is 17.9. The maximum absolute atomic E-state index is 12.7. The highest BCUT2D eigenvalue weighted by molar-refractivity contribution is 7.07. The number of amides is 1. The summed E-state index contributed by atoms with van der Waals surface area (Å²) in [7, 11) is 0. The Morgan fingerprint density at radius 2 is 2.31 bits per heavy atom. The summed E-state index contributed by atoms with van der Waals surface area (Å²) in [6.07, 6.45) is 7.16. The molecule has 1 N–H and O–H groups in total. The van der Waals surface area contributed by atoms with Crippen LogP contribution in [0.3, 0.4) is 0 Å². The van der Waals surface area contributed by atoms with Gasteiger partial charge in [0.15, 0.2) is 0 Å². The summed E-state index contributed by atoms with van der Waals surface area (Å²) in [4.78, 5) is 37.9. The first-order chi connectivity index (χ1) is 12.7. The van der Waals surface area contributed by atoms with E-state index in [1.54, 1.807) is 34.6 Å². The predicted octanol–water partition coefficient (Wildman–Crippen LogP) is 2.10. The van der Waals surface area contributed by atoms with Gasteiger partial charge in [0.25, 0.3) is 11.5 Å². The van der Waals surface area contributed by atoms with Crippen molar-refractivity contribution in [1.29, 1.82) is 0 Å². The number of nitrogens with one attached hydrogen (secondary N) is 1. The summed E-state index contributed by atoms with van der Waals surface area (Å²) in [5.74, 6) is 0.913. The van der Waals surface area contributed by atoms with Gasteiger partial charge in [0, 0.05) is 43.0 Å². The number of likely N-dealkylation sites (tertiary alicyclic amines) is 1. The van der Waals surface area contributed by atoms with Crippen molar-refractivity contribution in [2.45, 2.75) is 25.3 Å². The second-order valence-electron chi connectivity index (χ2n) is 6.40. The topological polar surface area (TPSA) is 83.9 Å². The predicted molar refractivity (Wildman–Crippen MR) is 98.4 cm³/mol. The van der Waals surface area contributed by atoms with Gasteiger partial charge < -0.3 is 14.5 Å². The van der Waals surface area contributed by atoms with Gasteiger partial charge in [0.2, 0.25) is 0 Å². The van der Waals surface area contributed by atoms with Crippen LogP contribution in [0.5, 0.6) is 0 Å². The van der Waals surface area contributed by atoms with Crippen LogP contribution < -0.4 is 5.56 Å². The van der Waals surface area contributed by atoms with Crippen molar-refractivity contribution in [2.24, 2.45) is 0 Å². The number of thiazole rings is 1. The molecule has 3 aromatic rings. The van der Waals surface area contributed by atoms with Crippen molar-refractivity contribution >= 4 is 17.2 Å². The summed E-state index contributed by atoms with van der Waals surface area (Å²) in [5.41, 5.74) is 2.68. The molecule has 0 saturated carbocycles. The number of H-pyrrole nitrogens is 1. The molecule has 0 radical (unpaired) electrons. The lowest BCUT2D eigenvalue weighted by Gasteiger charge is -2.32. The SMILES string of the molecule is O=C(c1ccc[nH]c1=O)N1CCC[C@@H](c2nccn2Cc2cscn2)C1. The highest BCUT2D eigenvalue weighted by atomic mass is 32.1. The van der Waals surface area contributed by atoms with Gasteiger partial charge in [0.1, 0.15) is 11.4 Å². The molecule has 1 amide bonds. The summed E-state index contributed by atoms with van der Waals surface area (Å²) in [6, 6.07) is 3.25. The van der Waals surface area contributed by atoms with Gasteiger partial charge in [0.05, 0.1) is 17.7 Å². The summed E-state index contributed by atoms with van der Waals surface area (Å²) in [6.45, 7) is 1.92. The zero-order valence-electron chi connectivity index (χ0n) is 14.2. The van der Waals surface area contributed by atoms with E-state index in [-0.39, 0.29) is 22.9 Å². The Balaban J connectivity index is 1.53. The molecule has 7 nitrogen and oxygen atoms in total. The van der Waals surface area contributed by atoms with Crippen LogP contribution >= 0.6 is 11.3 Å². The van der Waals surface area contributed by atoms with Crippen molar-refractivity contribution in [1.82, 2.24) is 24.4 Å². The average molecular weight is 369 g/mol. The van der Waals surface area contributed by atoms with Crippen LogP contribution in [-0.2, 0) is 6.54 Å². The molecule has 0 unspecified atom stereocenters. The lowest BCUT2D eigenvalue weighted by Crippen LogP contribution is -2.41. The Morgan fingerprint density at radius 3 is 3.12 bits per heavy atom. The number of hydrogen-bond donors (Lipinski definition) is 1. The standard InChI is InChI=1S/C18H19N5O2S/c24-17-15(4-1-5-20-17)18(25)23-7-2-3-13(9-23)16-19-6-8-22(16)10-14-11-26-12-21-14/h1,4-6,8,11-13H,2-3,7,9-10H2,(H,20,24)/t13-/m1/s1. The van der Waals surface area contributed by atoms with Crippen molar-refractivity contribution < 1.29 is 4.79 Å². The molecule has 26 heavy (non-hydrogen) atoms. The molecule has 1 atom stereocenters. The molecule has 4 heterocycles. The minimum absolute atomic E-state index is 0.157. The number of nitrogens with zero attached hydrogens (tertiary/aromatic N) is 4. The maximum atomic E-state index is 12.7. The first kappa shape index (κ1) is 16.7. The molecular weight excluding hydrogens is 350 g/mol. The van der Waals surface area contributed by atoms with Crippen LogP contribution in [-0.4, -0.2) is 43.4 Å². The normalized spacial score (nSPS) is 17.4. The van der Waals surface area contributed by atoms with Crippen LogP contribution in [0.2, 0.25) is 0 Å². The molecular formula is C18H19N5O2S. The van der Waals surface area contributed by atoms with Crippen LogP contribution in [0.25, 0.3) is 0 Å². The third kappa shape index (κ3) is 3.32. The highest BCUT2D eigenvalue weighted by Gasteiger charge is 2.29. The van der Waals surface area contributed by atoms with E-state index < -0.39 is 0 Å². The fraction of sp³-hybridized carbons (Fsp3) is 0.333. The van der Waals surface area contributed by atoms with Crippen LogP contribution in [0.15, 0.2) is 46.4 Å². The Hall–Kier alpha value is -2.74. The van der Waals surface area contributed by atoms with Gasteiger partial charge in [-0.15, -0.1) is 11.3 Å². The number of aromatic amines is 1. The minimum Gasteiger partial charge on any atom is -0.338 e. The third-order valence-corrected chi connectivity index (χ3v) is 5.32. The third-order valence-electron chi connectivity index (χ3n) is 4.69. The van der Waals surface area contributed by atoms with Crippen LogP contribution in [0.4, 0.5) is 0 Å². The van der Waals surface area contributed by atoms with Crippen LogP contribution in [0, 0.1) is 0 Å². The van der Waals surface area contributed by atoms with Gasteiger partial charge in [-0.1, -0.05) is 0 Å². The summed E-state index contributed by atoms with van der Waals surface area (Å²) >= 11 is 1.58. The van der Waals surface area contributed by atoms with E-state index in [2.05, 4.69) is 19.5 Å². The van der Waals surface area contributed by atoms with Crippen molar-refractivity contribution in [3.63, 3.8) is 0 Å². The number of imidazole rings is 1. The first-order valence-electron chi connectivity index (χ1n) is 8.57. The van der Waals surface area contributed by atoms with Crippen molar-refractivity contribution in [3.05, 3.63) is 69.0 Å². The molecule has 134 valence electrons. The summed E-state index contributed by atoms with van der Waals surface area (Å²) in [5, 5.41) is 2.03. The van der Waals surface area contributed by atoms with E-state index in [1.807, 2.05) is 17.1 Å². The average Bonchev–Trinajstić information content (AvgIpc) is 3.34. The van der Waals surface area contributed by atoms with E-state index in [0.717, 1.165) is 24.4 Å². The van der Waals surface area contributed by atoms with Crippen molar-refractivity contribution in [3.8, 4) is 0 Å². The Morgan fingerprint density at radius 1 is 1.38 bits per heavy atom. The molecule has 1 fully saturated rings. The Kier molecular flexibility index (Phi) is 4.66. The first-order valence-corrected chi connectivity index (χ1v) is 9.51. The lowest BCUT2D eigenvalue weighted by molar-refractivity contribution is 0.0701. The van der Waals surface area contributed by atoms with Gasteiger partial charge in [-0.05, 0) is 25.0 Å². The molecule has 3 aromatic heterocycles. The molecule has 0 bridgehead atoms. The largest absolute Gasteiger partial charge is 0.338 e. The van der Waals surface area contributed by atoms with E-state index in [1.165, 1.54) is 6.20 Å². The molecule has 4 rings (SSSR count). The minimum atomic E-state index is -0.343. The molecule has 1 aliphatic heterocycles. The second-order valence-corrected chi connectivity index (χ2v) is 7.12. The van der Waals surface area contributed by atoms with E-state index >= 15 is 0 Å². The van der Waals surface area contributed by atoms with Crippen molar-refractivity contribution in [2.75, 3.05) is 13.1 Å². The Bertz CT molecular complexity index is 946. The number of carbonyl (C=O) groups is 1. The zero-order valence-corrected chi connectivity index (χ0v) is 15.0. The van der Waals surface area contributed by atoms with E-state index in [4.69, 9.17) is 0 Å². The lowest BCUT2D eigenvalue weighted by atomic mass is 9.96. The van der Waals surface area contributed by atoms with Gasteiger partial charge in [-0.25, -0.2) is 9.97 Å². The number of pyridine rings is 1. The van der Waals surface area contributed by atoms with Gasteiger partial charge in [-0.2, -0.15) is 0 Å². The number of aromatic nitrogens is 4. The Labute approximate surface area is 154 Å². The smallest absolute Gasteiger partial charge is 0.260 e. The summed E-state index contributed by atoms with van der Waals surface area (Å²) < 4.78 is 2.10. The number of piperidine rings is 1. The fourth-order valence-electron chi connectivity index (χ4n) is 3.44. The number of carbonyl (C=O) groups excluding carboxylic acids is 1. The molecule has 8 heteroatoms. The van der Waals surface area contributed by atoms with Crippen LogP contribution in [0.1, 0.15) is 40.6 Å². The molecule has 0 aromatic carbocycles. The van der Waals surface area contributed by atoms with Gasteiger partial charge in [-0.3, -0.25) is 9.59 Å². The van der Waals surface area contributed by atoms with Gasteiger partial charge >= 0.3 is 0 Å². The number of rotatable bonds is 4. The molecule has 1 aliphatic rings. The number of hydrogen-bond acceptors (Lipinski definition) is 5. The quantitative estimate of drug-likeness (QED) is 0.763. The fourth-order valence-corrected chi connectivity index (χ4v) is 3.99. The monoisotopic (exact) mass is 369 g/mol. The molecule has 1 saturated heterocycles. The van der Waals surface area contributed by atoms with E-state index in [0.29, 0.717) is 19.6 Å². The maximum Gasteiger partial charge on any atom is 0.260 e. The molecule has 0 spiro atoms.